The van der Waals surface area contributed by atoms with E-state index in [1.54, 1.807) is 6.92 Å². The summed E-state index contributed by atoms with van der Waals surface area (Å²) in [5.41, 5.74) is 0. The number of hydrogen-bond acceptors (Lipinski definition) is 2. The van der Waals surface area contributed by atoms with Crippen LogP contribution in [0.3, 0.4) is 0 Å². The van der Waals surface area contributed by atoms with E-state index in [1.165, 1.54) is 0 Å². The lowest BCUT2D eigenvalue weighted by Crippen LogP contribution is -2.30. The van der Waals surface area contributed by atoms with Crippen molar-refractivity contribution < 1.29 is 5.11 Å². The Morgan fingerprint density at radius 3 is 2.00 bits per heavy atom. The van der Waals surface area contributed by atoms with Crippen LogP contribution in [0.4, 0.5) is 0 Å². The predicted molar refractivity (Wildman–Crippen MR) is 34.8 cm³/mol. The molecular weight excluding hydrogens is 102 g/mol. The highest BCUT2D eigenvalue weighted by atomic mass is 16.3. The van der Waals surface area contributed by atoms with Gasteiger partial charge < -0.3 is 10.4 Å². The van der Waals surface area contributed by atoms with Crippen LogP contribution in [0, 0.1) is 0 Å². The second kappa shape index (κ2) is 3.87. The highest BCUT2D eigenvalue weighted by Crippen LogP contribution is 1.78. The van der Waals surface area contributed by atoms with Gasteiger partial charge in [-0.3, -0.25) is 0 Å². The lowest BCUT2D eigenvalue weighted by Gasteiger charge is -2.08. The van der Waals surface area contributed by atoms with Crippen LogP contribution >= 0.6 is 0 Å². The van der Waals surface area contributed by atoms with Gasteiger partial charge in [0.2, 0.25) is 0 Å². The van der Waals surface area contributed by atoms with Crippen molar-refractivity contribution in [2.24, 2.45) is 0 Å². The number of aliphatic hydroxyl groups is 1. The van der Waals surface area contributed by atoms with Crippen molar-refractivity contribution in [2.75, 3.05) is 6.54 Å². The Hall–Kier alpha value is -0.0800. The van der Waals surface area contributed by atoms with E-state index in [1.807, 2.05) is 0 Å². The number of aliphatic hydroxyl groups excluding tert-OH is 1. The second-order valence-electron chi connectivity index (χ2n) is 2.41. The number of hydrogen-bond donors (Lipinski definition) is 2. The molecule has 0 aliphatic carbocycles. The van der Waals surface area contributed by atoms with E-state index in [2.05, 4.69) is 19.2 Å². The van der Waals surface area contributed by atoms with Gasteiger partial charge in [0.05, 0.1) is 6.10 Å². The summed E-state index contributed by atoms with van der Waals surface area (Å²) >= 11 is 0. The summed E-state index contributed by atoms with van der Waals surface area (Å²) in [5, 5.41) is 11.8. The van der Waals surface area contributed by atoms with E-state index < -0.39 is 0 Å². The SMILES string of the molecule is CC(C)NC[C@H](C)O. The van der Waals surface area contributed by atoms with E-state index >= 15 is 0 Å². The van der Waals surface area contributed by atoms with Crippen molar-refractivity contribution in [1.29, 1.82) is 0 Å². The first kappa shape index (κ1) is 7.92. The molecule has 0 heterocycles. The molecule has 0 aliphatic rings. The number of rotatable bonds is 3. The molecular formula is C6H15NO. The fourth-order valence-corrected chi connectivity index (χ4v) is 0.406. The van der Waals surface area contributed by atoms with Gasteiger partial charge in [0.15, 0.2) is 0 Å². The Morgan fingerprint density at radius 1 is 1.38 bits per heavy atom. The molecule has 0 saturated heterocycles. The molecule has 2 heteroatoms. The molecule has 2 nitrogen and oxygen atoms in total. The molecule has 1 atom stereocenters. The molecule has 0 fully saturated rings. The van der Waals surface area contributed by atoms with Gasteiger partial charge in [-0.1, -0.05) is 13.8 Å². The number of nitrogens with one attached hydrogen (secondary N) is 1. The van der Waals surface area contributed by atoms with Crippen molar-refractivity contribution in [3.63, 3.8) is 0 Å². The third kappa shape index (κ3) is 5.92. The van der Waals surface area contributed by atoms with Gasteiger partial charge in [0.1, 0.15) is 0 Å². The smallest absolute Gasteiger partial charge is 0.0636 e. The van der Waals surface area contributed by atoms with Crippen LogP contribution in [-0.4, -0.2) is 23.8 Å². The van der Waals surface area contributed by atoms with Gasteiger partial charge in [0, 0.05) is 12.6 Å². The van der Waals surface area contributed by atoms with Crippen molar-refractivity contribution in [2.45, 2.75) is 32.9 Å². The van der Waals surface area contributed by atoms with E-state index in [0.29, 0.717) is 12.6 Å². The van der Waals surface area contributed by atoms with Crippen LogP contribution in [0.15, 0.2) is 0 Å². The lowest BCUT2D eigenvalue weighted by atomic mass is 10.3. The second-order valence-corrected chi connectivity index (χ2v) is 2.41. The molecule has 8 heavy (non-hydrogen) atoms. The van der Waals surface area contributed by atoms with Crippen molar-refractivity contribution in [1.82, 2.24) is 5.32 Å². The highest BCUT2D eigenvalue weighted by molar-refractivity contribution is 4.55. The standard InChI is InChI=1S/C6H15NO/c1-5(2)7-4-6(3)8/h5-8H,4H2,1-3H3/t6-/m0/s1. The van der Waals surface area contributed by atoms with E-state index in [0.717, 1.165) is 0 Å². The monoisotopic (exact) mass is 117 g/mol. The maximum atomic E-state index is 8.74. The van der Waals surface area contributed by atoms with Crippen molar-refractivity contribution >= 4 is 0 Å². The third-order valence-corrected chi connectivity index (χ3v) is 0.822. The van der Waals surface area contributed by atoms with Gasteiger partial charge in [-0.15, -0.1) is 0 Å². The zero-order valence-corrected chi connectivity index (χ0v) is 5.81. The summed E-state index contributed by atoms with van der Waals surface area (Å²) in [6.07, 6.45) is -0.225. The van der Waals surface area contributed by atoms with Crippen molar-refractivity contribution in [3.8, 4) is 0 Å². The minimum Gasteiger partial charge on any atom is -0.392 e. The summed E-state index contributed by atoms with van der Waals surface area (Å²) < 4.78 is 0. The Labute approximate surface area is 50.9 Å². The molecule has 0 aromatic heterocycles. The normalized spacial score (nSPS) is 14.6. The van der Waals surface area contributed by atoms with Crippen LogP contribution in [0.1, 0.15) is 20.8 Å². The van der Waals surface area contributed by atoms with Crippen LogP contribution in [0.5, 0.6) is 0 Å². The van der Waals surface area contributed by atoms with Gasteiger partial charge in [-0.25, -0.2) is 0 Å². The molecule has 0 aliphatic heterocycles. The molecule has 0 radical (unpaired) electrons. The van der Waals surface area contributed by atoms with E-state index in [-0.39, 0.29) is 6.10 Å². The third-order valence-electron chi connectivity index (χ3n) is 0.822. The lowest BCUT2D eigenvalue weighted by molar-refractivity contribution is 0.188. The topological polar surface area (TPSA) is 32.3 Å². The predicted octanol–water partition coefficient (Wildman–Crippen LogP) is 0.365. The fraction of sp³-hybridized carbons (Fsp3) is 1.00. The summed E-state index contributed by atoms with van der Waals surface area (Å²) in [6, 6.07) is 0.476. The molecule has 0 aromatic carbocycles. The summed E-state index contributed by atoms with van der Waals surface area (Å²) in [6.45, 7) is 6.58. The average Bonchev–Trinajstić information content (AvgIpc) is 1.61. The molecule has 0 spiro atoms. The molecule has 2 N–H and O–H groups in total. The Bertz CT molecular complexity index is 44.5. The van der Waals surface area contributed by atoms with E-state index in [4.69, 9.17) is 5.11 Å². The molecule has 0 aromatic rings. The van der Waals surface area contributed by atoms with Gasteiger partial charge in [-0.2, -0.15) is 0 Å². The van der Waals surface area contributed by atoms with Gasteiger partial charge in [0.25, 0.3) is 0 Å². The quantitative estimate of drug-likeness (QED) is 0.559. The van der Waals surface area contributed by atoms with Gasteiger partial charge >= 0.3 is 0 Å². The fourth-order valence-electron chi connectivity index (χ4n) is 0.406. The molecule has 50 valence electrons. The molecule has 0 amide bonds. The van der Waals surface area contributed by atoms with Crippen LogP contribution in [-0.2, 0) is 0 Å². The Morgan fingerprint density at radius 2 is 1.88 bits per heavy atom. The molecule has 0 rings (SSSR count). The summed E-state index contributed by atoms with van der Waals surface area (Å²) in [5.74, 6) is 0. The highest BCUT2D eigenvalue weighted by Gasteiger charge is 1.94. The molecule has 0 saturated carbocycles. The molecule has 0 bridgehead atoms. The summed E-state index contributed by atoms with van der Waals surface area (Å²) in [4.78, 5) is 0. The first-order valence-electron chi connectivity index (χ1n) is 3.04. The largest absolute Gasteiger partial charge is 0.392 e. The minimum absolute atomic E-state index is 0.225. The van der Waals surface area contributed by atoms with Gasteiger partial charge in [-0.05, 0) is 6.92 Å². The van der Waals surface area contributed by atoms with Crippen LogP contribution in [0.25, 0.3) is 0 Å². The average molecular weight is 117 g/mol. The Kier molecular flexibility index (Phi) is 3.83. The van der Waals surface area contributed by atoms with Crippen LogP contribution in [0.2, 0.25) is 0 Å². The zero-order valence-electron chi connectivity index (χ0n) is 5.81. The minimum atomic E-state index is -0.225. The van der Waals surface area contributed by atoms with Crippen LogP contribution < -0.4 is 5.32 Å². The zero-order chi connectivity index (χ0) is 6.57. The maximum absolute atomic E-state index is 8.74. The summed E-state index contributed by atoms with van der Waals surface area (Å²) in [7, 11) is 0. The first-order valence-corrected chi connectivity index (χ1v) is 3.04. The maximum Gasteiger partial charge on any atom is 0.0636 e. The first-order chi connectivity index (χ1) is 3.63. The van der Waals surface area contributed by atoms with Crippen molar-refractivity contribution in [3.05, 3.63) is 0 Å². The van der Waals surface area contributed by atoms with E-state index in [9.17, 15) is 0 Å². The molecule has 0 unspecified atom stereocenters. The Balaban J connectivity index is 2.93.